The van der Waals surface area contributed by atoms with E-state index >= 15 is 0 Å². The molecule has 0 spiro atoms. The molecule has 2 aliphatic rings. The van der Waals surface area contributed by atoms with Crippen LogP contribution in [0.2, 0.25) is 0 Å². The Balaban J connectivity index is 0.000000153. The molecule has 10 rings (SSSR count). The van der Waals surface area contributed by atoms with Crippen molar-refractivity contribution < 1.29 is 9.47 Å². The summed E-state index contributed by atoms with van der Waals surface area (Å²) in [5.41, 5.74) is 12.9. The number of nitrogens with zero attached hydrogens (tertiary/aromatic N) is 9. The Hall–Kier alpha value is -6.79. The van der Waals surface area contributed by atoms with Crippen molar-refractivity contribution in [1.82, 2.24) is 59.9 Å². The molecule has 0 unspecified atom stereocenters. The van der Waals surface area contributed by atoms with Crippen molar-refractivity contribution >= 4 is 47.3 Å². The third-order valence-electron chi connectivity index (χ3n) is 11.1. The molecule has 2 aliphatic carbocycles. The quantitative estimate of drug-likeness (QED) is 0.0729. The maximum Gasteiger partial charge on any atom is 0.224 e. The Bertz CT molecular complexity index is 2930. The van der Waals surface area contributed by atoms with E-state index in [1.54, 1.807) is 26.6 Å². The van der Waals surface area contributed by atoms with Gasteiger partial charge in [-0.1, -0.05) is 24.3 Å². The zero-order valence-corrected chi connectivity index (χ0v) is 39.3. The highest BCUT2D eigenvalue weighted by Crippen LogP contribution is 2.41. The van der Waals surface area contributed by atoms with Crippen molar-refractivity contribution in [2.24, 2.45) is 0 Å². The lowest BCUT2D eigenvalue weighted by molar-refractivity contribution is 0.398. The SMILES string of the molecule is COc1cc(-c2ccc3c(c2Nc2nc(=S)[nH][nH]2)CCC3)ccn1.COc1cc(-c2ccc3c(c2Nc2nc(Sc4ccn(C(C)C)n4)n[nH]2)CCC3)ccn1.Cc1ccn(C(C)C)n1. The molecule has 16 nitrogen and oxygen atoms in total. The van der Waals surface area contributed by atoms with E-state index in [0.717, 1.165) is 76.5 Å². The van der Waals surface area contributed by atoms with E-state index in [-0.39, 0.29) is 0 Å². The monoisotopic (exact) mass is 910 g/mol. The molecule has 2 aromatic carbocycles. The van der Waals surface area contributed by atoms with Crippen molar-refractivity contribution in [1.29, 1.82) is 0 Å². The van der Waals surface area contributed by atoms with Gasteiger partial charge in [-0.3, -0.25) is 19.6 Å². The lowest BCUT2D eigenvalue weighted by Crippen LogP contribution is -2.01. The summed E-state index contributed by atoms with van der Waals surface area (Å²) in [6.07, 6.45) is 14.1. The molecule has 0 bridgehead atoms. The van der Waals surface area contributed by atoms with E-state index in [1.807, 2.05) is 65.1 Å². The number of nitrogens with one attached hydrogen (secondary N) is 5. The number of ether oxygens (including phenoxy) is 2. The number of hydrogen-bond acceptors (Lipinski definition) is 13. The molecule has 8 aromatic rings. The number of pyridine rings is 2. The van der Waals surface area contributed by atoms with Crippen molar-refractivity contribution in [2.45, 2.75) is 95.4 Å². The number of aromatic amines is 3. The summed E-state index contributed by atoms with van der Waals surface area (Å²) in [5, 5.41) is 30.4. The highest BCUT2D eigenvalue weighted by molar-refractivity contribution is 7.99. The zero-order valence-electron chi connectivity index (χ0n) is 37.6. The van der Waals surface area contributed by atoms with Crippen LogP contribution in [-0.2, 0) is 25.7 Å². The zero-order chi connectivity index (χ0) is 45.5. The third kappa shape index (κ3) is 10.8. The Kier molecular flexibility index (Phi) is 14.0. The van der Waals surface area contributed by atoms with E-state index in [4.69, 9.17) is 21.7 Å². The predicted octanol–water partition coefficient (Wildman–Crippen LogP) is 10.6. The van der Waals surface area contributed by atoms with Gasteiger partial charge < -0.3 is 20.1 Å². The molecule has 0 radical (unpaired) electrons. The standard InChI is InChI=1S/C23H25N7OS.C17H17N5OS.C7H12N2/c1-14(2)30-12-10-20(29-30)32-23-26-22(27-28-23)25-21-17-6-4-5-15(17)7-8-18(21)16-9-11-24-19(13-16)31-3;1-23-14-9-11(7-8-18-14)13-6-5-10-3-2-4-12(10)15(13)19-16-20-17(24)22-21-16;1-6(2)9-5-4-7(3)8-9/h7-14H,4-6H2,1-3H3,(H2,25,26,27,28);5-9H,2-4H2,1H3,(H3,19,20,21,22,24);4-6H,1-3H3. The topological polar surface area (TPSA) is 190 Å². The smallest absolute Gasteiger partial charge is 0.224 e. The molecule has 0 saturated carbocycles. The van der Waals surface area contributed by atoms with Crippen molar-refractivity contribution in [3.05, 3.63) is 118 Å². The van der Waals surface area contributed by atoms with Crippen LogP contribution >= 0.6 is 24.0 Å². The Morgan fingerprint density at radius 3 is 1.74 bits per heavy atom. The van der Waals surface area contributed by atoms with Gasteiger partial charge in [0.15, 0.2) is 0 Å². The van der Waals surface area contributed by atoms with Crippen LogP contribution < -0.4 is 20.1 Å². The van der Waals surface area contributed by atoms with Crippen molar-refractivity contribution in [2.75, 3.05) is 24.9 Å². The summed E-state index contributed by atoms with van der Waals surface area (Å²) in [5.74, 6) is 2.41. The largest absolute Gasteiger partial charge is 0.481 e. The second-order valence-electron chi connectivity index (χ2n) is 16.2. The maximum absolute atomic E-state index is 5.33. The molecule has 65 heavy (non-hydrogen) atoms. The van der Waals surface area contributed by atoms with Gasteiger partial charge >= 0.3 is 0 Å². The van der Waals surface area contributed by atoms with Crippen LogP contribution in [0.25, 0.3) is 22.3 Å². The van der Waals surface area contributed by atoms with Gasteiger partial charge in [-0.25, -0.2) is 15.1 Å². The first-order valence-corrected chi connectivity index (χ1v) is 22.9. The van der Waals surface area contributed by atoms with Gasteiger partial charge in [0, 0.05) is 60.1 Å². The Labute approximate surface area is 387 Å². The first-order valence-electron chi connectivity index (χ1n) is 21.7. The molecule has 0 atom stereocenters. The molecule has 0 aliphatic heterocycles. The molecule has 336 valence electrons. The summed E-state index contributed by atoms with van der Waals surface area (Å²) in [6, 6.07) is 21.4. The number of aryl methyl sites for hydroxylation is 3. The summed E-state index contributed by atoms with van der Waals surface area (Å²) < 4.78 is 14.9. The number of hydrogen-bond donors (Lipinski definition) is 5. The van der Waals surface area contributed by atoms with E-state index in [2.05, 4.69) is 113 Å². The van der Waals surface area contributed by atoms with Gasteiger partial charge in [-0.15, -0.1) is 5.10 Å². The fourth-order valence-electron chi connectivity index (χ4n) is 7.87. The Morgan fingerprint density at radius 2 is 1.25 bits per heavy atom. The van der Waals surface area contributed by atoms with E-state index in [1.165, 1.54) is 40.4 Å². The van der Waals surface area contributed by atoms with E-state index in [9.17, 15) is 0 Å². The van der Waals surface area contributed by atoms with Crippen LogP contribution in [0.1, 0.15) is 80.6 Å². The van der Waals surface area contributed by atoms with Crippen LogP contribution in [0.15, 0.2) is 95.6 Å². The first-order chi connectivity index (χ1) is 31.5. The summed E-state index contributed by atoms with van der Waals surface area (Å²) in [7, 11) is 3.25. The van der Waals surface area contributed by atoms with Gasteiger partial charge in [0.2, 0.25) is 33.6 Å². The summed E-state index contributed by atoms with van der Waals surface area (Å²) in [4.78, 5) is 17.3. The highest BCUT2D eigenvalue weighted by atomic mass is 32.2. The van der Waals surface area contributed by atoms with Gasteiger partial charge in [0.1, 0.15) is 5.03 Å². The molecular formula is C47H54N14O2S2. The van der Waals surface area contributed by atoms with Crippen molar-refractivity contribution in [3.8, 4) is 34.0 Å². The van der Waals surface area contributed by atoms with E-state index in [0.29, 0.717) is 45.7 Å². The molecule has 5 N–H and O–H groups in total. The number of rotatable bonds is 12. The fourth-order valence-corrected chi connectivity index (χ4v) is 8.69. The van der Waals surface area contributed by atoms with Crippen LogP contribution in [0.3, 0.4) is 0 Å². The van der Waals surface area contributed by atoms with Crippen LogP contribution in [0.5, 0.6) is 11.8 Å². The Morgan fingerprint density at radius 1 is 0.677 bits per heavy atom. The first kappa shape index (κ1) is 44.8. The maximum atomic E-state index is 5.33. The second kappa shape index (κ2) is 20.4. The molecule has 0 amide bonds. The summed E-state index contributed by atoms with van der Waals surface area (Å²) in [6.45, 7) is 10.4. The molecule has 18 heteroatoms. The molecule has 0 fully saturated rings. The minimum atomic E-state index is 0.319. The number of aromatic nitrogens is 12. The van der Waals surface area contributed by atoms with Crippen LogP contribution in [0, 0.1) is 11.7 Å². The average Bonchev–Trinajstić information content (AvgIpc) is 4.18. The minimum absolute atomic E-state index is 0.319. The molecule has 6 heterocycles. The number of anilines is 4. The van der Waals surface area contributed by atoms with Gasteiger partial charge in [0.25, 0.3) is 0 Å². The number of methoxy groups -OCH3 is 2. The lowest BCUT2D eigenvalue weighted by atomic mass is 9.98. The number of fused-ring (bicyclic) bond motifs is 2. The van der Waals surface area contributed by atoms with Crippen LogP contribution in [-0.4, -0.2) is 74.1 Å². The molecule has 6 aromatic heterocycles. The number of benzene rings is 2. The number of H-pyrrole nitrogens is 3. The highest BCUT2D eigenvalue weighted by Gasteiger charge is 2.22. The molecular weight excluding hydrogens is 857 g/mol. The van der Waals surface area contributed by atoms with Gasteiger partial charge in [-0.05, 0) is 155 Å². The van der Waals surface area contributed by atoms with Gasteiger partial charge in [-0.2, -0.15) is 20.2 Å². The minimum Gasteiger partial charge on any atom is -0.481 e. The lowest BCUT2D eigenvalue weighted by Gasteiger charge is -2.16. The molecule has 0 saturated heterocycles. The van der Waals surface area contributed by atoms with Crippen molar-refractivity contribution in [3.63, 3.8) is 0 Å². The van der Waals surface area contributed by atoms with Crippen LogP contribution in [0.4, 0.5) is 23.3 Å². The normalized spacial score (nSPS) is 12.6. The predicted molar refractivity (Wildman–Crippen MR) is 257 cm³/mol. The third-order valence-corrected chi connectivity index (χ3v) is 12.1. The van der Waals surface area contributed by atoms with Gasteiger partial charge in [0.05, 0.1) is 31.3 Å². The van der Waals surface area contributed by atoms with E-state index < -0.39 is 0 Å². The second-order valence-corrected chi connectivity index (χ2v) is 17.6. The fraction of sp³-hybridized carbons (Fsp3) is 0.319. The summed E-state index contributed by atoms with van der Waals surface area (Å²) >= 11 is 6.48. The average molecular weight is 911 g/mol.